The molecule has 23 heavy (non-hydrogen) atoms. The van der Waals surface area contributed by atoms with Crippen LogP contribution in [0.2, 0.25) is 0 Å². The normalized spacial score (nSPS) is 18.5. The Morgan fingerprint density at radius 3 is 2.83 bits per heavy atom. The standard InChI is InChI=1S/C18H28N2O3/c1-15(16-8-5-4-6-9-16)22-12-7-10-19-17(21)20-11-13-23-18(2,3)14-20/h4-6,8-9,15H,7,10-14H2,1-3H3,(H,19,21). The Morgan fingerprint density at radius 1 is 1.39 bits per heavy atom. The summed E-state index contributed by atoms with van der Waals surface area (Å²) in [4.78, 5) is 13.9. The number of nitrogens with one attached hydrogen (secondary N) is 1. The zero-order valence-electron chi connectivity index (χ0n) is 14.4. The first kappa shape index (κ1) is 17.8. The van der Waals surface area contributed by atoms with Crippen LogP contribution in [0.3, 0.4) is 0 Å². The third-order valence-corrected chi connectivity index (χ3v) is 3.95. The molecule has 0 bridgehead atoms. The van der Waals surface area contributed by atoms with Gasteiger partial charge in [-0.2, -0.15) is 0 Å². The molecule has 1 saturated heterocycles. The topological polar surface area (TPSA) is 50.8 Å². The molecule has 0 aliphatic carbocycles. The average molecular weight is 320 g/mol. The molecule has 1 fully saturated rings. The Bertz CT molecular complexity index is 490. The monoisotopic (exact) mass is 320 g/mol. The lowest BCUT2D eigenvalue weighted by molar-refractivity contribution is -0.0733. The van der Waals surface area contributed by atoms with Crippen LogP contribution in [0.25, 0.3) is 0 Å². The fraction of sp³-hybridized carbons (Fsp3) is 0.611. The van der Waals surface area contributed by atoms with E-state index >= 15 is 0 Å². The molecule has 0 radical (unpaired) electrons. The maximum Gasteiger partial charge on any atom is 0.317 e. The minimum atomic E-state index is -0.260. The van der Waals surface area contributed by atoms with Crippen molar-refractivity contribution >= 4 is 6.03 Å². The summed E-state index contributed by atoms with van der Waals surface area (Å²) in [7, 11) is 0. The summed E-state index contributed by atoms with van der Waals surface area (Å²) < 4.78 is 11.4. The van der Waals surface area contributed by atoms with Gasteiger partial charge in [0.15, 0.2) is 0 Å². The van der Waals surface area contributed by atoms with Gasteiger partial charge in [0, 0.05) is 19.7 Å². The summed E-state index contributed by atoms with van der Waals surface area (Å²) in [5.74, 6) is 0. The molecule has 1 aromatic rings. The second-order valence-electron chi connectivity index (χ2n) is 6.54. The van der Waals surface area contributed by atoms with Crippen molar-refractivity contribution in [2.75, 3.05) is 32.8 Å². The Hall–Kier alpha value is -1.59. The van der Waals surface area contributed by atoms with Gasteiger partial charge in [-0.3, -0.25) is 0 Å². The second-order valence-corrected chi connectivity index (χ2v) is 6.54. The van der Waals surface area contributed by atoms with Gasteiger partial charge in [0.25, 0.3) is 0 Å². The quantitative estimate of drug-likeness (QED) is 0.820. The van der Waals surface area contributed by atoms with Gasteiger partial charge in [0.2, 0.25) is 0 Å². The first-order valence-corrected chi connectivity index (χ1v) is 8.31. The van der Waals surface area contributed by atoms with Gasteiger partial charge >= 0.3 is 6.03 Å². The van der Waals surface area contributed by atoms with Gasteiger partial charge in [-0.25, -0.2) is 4.79 Å². The van der Waals surface area contributed by atoms with Crippen molar-refractivity contribution in [2.45, 2.75) is 38.9 Å². The van der Waals surface area contributed by atoms with Crippen molar-refractivity contribution in [3.63, 3.8) is 0 Å². The summed E-state index contributed by atoms with van der Waals surface area (Å²) >= 11 is 0. The van der Waals surface area contributed by atoms with Crippen LogP contribution in [0.1, 0.15) is 38.9 Å². The number of carbonyl (C=O) groups excluding carboxylic acids is 1. The molecule has 1 atom stereocenters. The van der Waals surface area contributed by atoms with Crippen LogP contribution in [-0.2, 0) is 9.47 Å². The molecule has 5 heteroatoms. The Labute approximate surface area is 139 Å². The van der Waals surface area contributed by atoms with E-state index in [-0.39, 0.29) is 17.7 Å². The lowest BCUT2D eigenvalue weighted by Gasteiger charge is -2.38. The van der Waals surface area contributed by atoms with E-state index in [0.717, 1.165) is 6.42 Å². The van der Waals surface area contributed by atoms with E-state index in [0.29, 0.717) is 32.8 Å². The number of ether oxygens (including phenoxy) is 2. The lowest BCUT2D eigenvalue weighted by Crippen LogP contribution is -2.53. The van der Waals surface area contributed by atoms with Gasteiger partial charge in [-0.15, -0.1) is 0 Å². The zero-order valence-corrected chi connectivity index (χ0v) is 14.4. The van der Waals surface area contributed by atoms with Crippen LogP contribution in [0, 0.1) is 0 Å². The van der Waals surface area contributed by atoms with Crippen molar-refractivity contribution in [3.05, 3.63) is 35.9 Å². The Balaban J connectivity index is 1.61. The number of hydrogen-bond donors (Lipinski definition) is 1. The number of carbonyl (C=O) groups is 1. The van der Waals surface area contributed by atoms with Crippen LogP contribution < -0.4 is 5.32 Å². The van der Waals surface area contributed by atoms with E-state index in [1.165, 1.54) is 5.56 Å². The zero-order chi connectivity index (χ0) is 16.7. The van der Waals surface area contributed by atoms with E-state index in [2.05, 4.69) is 17.4 Å². The van der Waals surface area contributed by atoms with E-state index in [4.69, 9.17) is 9.47 Å². The van der Waals surface area contributed by atoms with E-state index < -0.39 is 0 Å². The lowest BCUT2D eigenvalue weighted by atomic mass is 10.1. The fourth-order valence-corrected chi connectivity index (χ4v) is 2.65. The van der Waals surface area contributed by atoms with Crippen molar-refractivity contribution in [1.29, 1.82) is 0 Å². The molecule has 1 heterocycles. The highest BCUT2D eigenvalue weighted by Gasteiger charge is 2.29. The SMILES string of the molecule is CC(OCCCNC(=O)N1CCOC(C)(C)C1)c1ccccc1. The molecule has 2 amide bonds. The smallest absolute Gasteiger partial charge is 0.317 e. The van der Waals surface area contributed by atoms with Crippen LogP contribution in [0.4, 0.5) is 4.79 Å². The molecule has 1 aromatic carbocycles. The second kappa shape index (κ2) is 8.31. The number of benzene rings is 1. The van der Waals surface area contributed by atoms with Crippen LogP contribution in [0.5, 0.6) is 0 Å². The molecule has 5 nitrogen and oxygen atoms in total. The van der Waals surface area contributed by atoms with Crippen molar-refractivity contribution in [3.8, 4) is 0 Å². The third-order valence-electron chi connectivity index (χ3n) is 3.95. The number of amides is 2. The number of rotatable bonds is 6. The van der Waals surface area contributed by atoms with Gasteiger partial charge in [0.05, 0.1) is 24.9 Å². The molecule has 0 aromatic heterocycles. The first-order chi connectivity index (χ1) is 11.0. The molecule has 1 unspecified atom stereocenters. The van der Waals surface area contributed by atoms with E-state index in [1.807, 2.05) is 43.9 Å². The maximum absolute atomic E-state index is 12.1. The number of morpholine rings is 1. The van der Waals surface area contributed by atoms with Gasteiger partial charge < -0.3 is 19.7 Å². The van der Waals surface area contributed by atoms with Crippen molar-refractivity contribution in [2.24, 2.45) is 0 Å². The predicted molar refractivity (Wildman–Crippen MR) is 90.4 cm³/mol. The molecular formula is C18H28N2O3. The summed E-state index contributed by atoms with van der Waals surface area (Å²) in [6.45, 7) is 9.18. The highest BCUT2D eigenvalue weighted by Crippen LogP contribution is 2.17. The minimum absolute atomic E-state index is 0.0162. The molecule has 0 saturated carbocycles. The number of hydrogen-bond acceptors (Lipinski definition) is 3. The van der Waals surface area contributed by atoms with E-state index in [9.17, 15) is 4.79 Å². The number of nitrogens with zero attached hydrogens (tertiary/aromatic N) is 1. The molecule has 1 aliphatic heterocycles. The summed E-state index contributed by atoms with van der Waals surface area (Å²) in [6, 6.07) is 10.1. The molecule has 1 N–H and O–H groups in total. The molecule has 0 spiro atoms. The fourth-order valence-electron chi connectivity index (χ4n) is 2.65. The Kier molecular flexibility index (Phi) is 6.42. The first-order valence-electron chi connectivity index (χ1n) is 8.31. The molecule has 2 rings (SSSR count). The summed E-state index contributed by atoms with van der Waals surface area (Å²) in [5.41, 5.74) is 0.913. The summed E-state index contributed by atoms with van der Waals surface area (Å²) in [5, 5.41) is 2.96. The number of urea groups is 1. The van der Waals surface area contributed by atoms with Gasteiger partial charge in [-0.1, -0.05) is 30.3 Å². The summed E-state index contributed by atoms with van der Waals surface area (Å²) in [6.07, 6.45) is 0.878. The Morgan fingerprint density at radius 2 is 2.13 bits per heavy atom. The average Bonchev–Trinajstić information content (AvgIpc) is 2.54. The van der Waals surface area contributed by atoms with Crippen LogP contribution in [0.15, 0.2) is 30.3 Å². The van der Waals surface area contributed by atoms with Gasteiger partial charge in [0.1, 0.15) is 0 Å². The molecule has 1 aliphatic rings. The van der Waals surface area contributed by atoms with Gasteiger partial charge in [-0.05, 0) is 32.8 Å². The molecule has 128 valence electrons. The van der Waals surface area contributed by atoms with E-state index in [1.54, 1.807) is 0 Å². The van der Waals surface area contributed by atoms with Crippen LogP contribution >= 0.6 is 0 Å². The predicted octanol–water partition coefficient (Wildman–Crippen LogP) is 2.97. The minimum Gasteiger partial charge on any atom is -0.374 e. The highest BCUT2D eigenvalue weighted by atomic mass is 16.5. The highest BCUT2D eigenvalue weighted by molar-refractivity contribution is 5.74. The maximum atomic E-state index is 12.1. The molecular weight excluding hydrogens is 292 g/mol. The third kappa shape index (κ3) is 5.84. The largest absolute Gasteiger partial charge is 0.374 e. The van der Waals surface area contributed by atoms with Crippen molar-refractivity contribution < 1.29 is 14.3 Å². The van der Waals surface area contributed by atoms with Crippen LogP contribution in [-0.4, -0.2) is 49.4 Å². The van der Waals surface area contributed by atoms with Crippen molar-refractivity contribution in [1.82, 2.24) is 10.2 Å².